The second-order valence-electron chi connectivity index (χ2n) is 34.7. The molecule has 8 nitrogen and oxygen atoms in total. The van der Waals surface area contributed by atoms with Crippen molar-refractivity contribution in [2.75, 3.05) is 79.3 Å². The third-order valence-corrected chi connectivity index (χ3v) is 27.9. The summed E-state index contributed by atoms with van der Waals surface area (Å²) in [4.78, 5) is 0. The van der Waals surface area contributed by atoms with Gasteiger partial charge in [0.05, 0.1) is 23.9 Å². The molecule has 15 fully saturated rings. The highest BCUT2D eigenvalue weighted by Crippen LogP contribution is 2.66. The molecular weight excluding hydrogens is 1150 g/mol. The van der Waals surface area contributed by atoms with E-state index in [-0.39, 0.29) is 0 Å². The molecular formula is C85H158O8. The molecule has 0 aliphatic heterocycles. The van der Waals surface area contributed by atoms with E-state index in [1.54, 1.807) is 0 Å². The number of hydrogen-bond donors (Lipinski definition) is 0. The lowest BCUT2D eigenvalue weighted by molar-refractivity contribution is -0.159. The summed E-state index contributed by atoms with van der Waals surface area (Å²) in [7, 11) is 0. The van der Waals surface area contributed by atoms with Gasteiger partial charge in [0, 0.05) is 79.3 Å². The molecule has 0 aromatic carbocycles. The number of rotatable bonds is 23. The molecule has 0 aromatic rings. The second-order valence-corrected chi connectivity index (χ2v) is 34.7. The van der Waals surface area contributed by atoms with Crippen molar-refractivity contribution in [3.8, 4) is 0 Å². The van der Waals surface area contributed by atoms with Crippen molar-refractivity contribution in [1.82, 2.24) is 0 Å². The standard InChI is InChI=1S/C12H20O.C12H22O.C12H24O.C11H20O.C10H18O.C10H20O.C9H16O.C9H18O/c1-2-13-12-6-9-3-10(7-12)5-11(4-9)8-12;1-5-13-10-8-9-6-7-12(10,4)11(9,2)3;1-5-13-12-8-10(4)6-7-11(12)9(2)3;1-2-12-6-5-11-8-9-3-4-10(11)7-9;1-2-11-7-10-6-8-3-4-9(10)5-8;1-2-11-9-8-10-6-4-3-5-7-10;1-2-10-9-6-7-3-4-8(9)5-7;1-2-10-8-9-6-4-3-5-7-9/h9-11H,2-8H2,1H3;9-10H,5-8H2,1-4H3;9-12H,5-8H2,1-4H3;9-11H,2-8H2,1H3;8-10H,2-7H2,1H3;10H,2-9H2,1H3;7-9H,2-6H2,1H3;9H,2-8H2,1H3. The molecule has 0 spiro atoms. The van der Waals surface area contributed by atoms with Crippen LogP contribution in [0, 0.1) is 111 Å². The predicted octanol–water partition coefficient (Wildman–Crippen LogP) is 22.8. The van der Waals surface area contributed by atoms with E-state index >= 15 is 0 Å². The molecule has 0 saturated heterocycles. The van der Waals surface area contributed by atoms with E-state index < -0.39 is 0 Å². The predicted molar refractivity (Wildman–Crippen MR) is 391 cm³/mol. The lowest BCUT2D eigenvalue weighted by atomic mass is 9.54. The molecule has 15 atom stereocenters. The Morgan fingerprint density at radius 2 is 0.892 bits per heavy atom. The first-order chi connectivity index (χ1) is 45.0. The second kappa shape index (κ2) is 42.2. The van der Waals surface area contributed by atoms with Crippen LogP contribution in [0.25, 0.3) is 0 Å². The van der Waals surface area contributed by atoms with Gasteiger partial charge in [0.1, 0.15) is 0 Å². The van der Waals surface area contributed by atoms with Gasteiger partial charge in [-0.3, -0.25) is 0 Å². The summed E-state index contributed by atoms with van der Waals surface area (Å²) >= 11 is 0. The number of fused-ring (bicyclic) bond motifs is 8. The average molecular weight is 1310 g/mol. The first-order valence-corrected chi connectivity index (χ1v) is 41.8. The Morgan fingerprint density at radius 1 is 0.387 bits per heavy atom. The summed E-state index contributed by atoms with van der Waals surface area (Å²) < 4.78 is 45.0. The molecule has 0 N–H and O–H groups in total. The minimum atomic E-state index is 0.351. The van der Waals surface area contributed by atoms with Crippen molar-refractivity contribution in [3.63, 3.8) is 0 Å². The SMILES string of the molecule is CCOC12CC3CC(CC(C3)C1)C2.CCOC1CC(C)CCC1C(C)C.CCOC1CC2CCC1(C)C2(C)C.CCOC1CC2CCC1C2.CCOCC1CC2CCC1C2.CCOCC1CCCCC1.CCOCCC1CC2CCC1C2.CCOCCC1CCCCC1. The first-order valence-electron chi connectivity index (χ1n) is 41.8. The maximum absolute atomic E-state index is 6.04. The van der Waals surface area contributed by atoms with Crippen molar-refractivity contribution in [3.05, 3.63) is 0 Å². The Bertz CT molecular complexity index is 1880. The zero-order valence-electron chi connectivity index (χ0n) is 64.3. The van der Waals surface area contributed by atoms with E-state index in [9.17, 15) is 0 Å². The Balaban J connectivity index is 0.000000151. The molecule has 0 aromatic heterocycles. The average Bonchev–Trinajstić information content (AvgIpc) is 1.59. The fourth-order valence-corrected chi connectivity index (χ4v) is 22.7. The Kier molecular flexibility index (Phi) is 36.3. The highest BCUT2D eigenvalue weighted by atomic mass is 16.5. The molecule has 15 aliphatic rings. The molecule has 8 heteroatoms. The van der Waals surface area contributed by atoms with E-state index in [1.807, 2.05) is 0 Å². The van der Waals surface area contributed by atoms with Crippen LogP contribution in [0.1, 0.15) is 328 Å². The third kappa shape index (κ3) is 24.7. The zero-order valence-corrected chi connectivity index (χ0v) is 64.3. The molecule has 15 rings (SSSR count). The maximum Gasteiger partial charge on any atom is 0.0690 e. The van der Waals surface area contributed by atoms with E-state index in [2.05, 4.69) is 96.9 Å². The summed E-state index contributed by atoms with van der Waals surface area (Å²) in [5, 5.41) is 0. The fourth-order valence-electron chi connectivity index (χ4n) is 22.7. The van der Waals surface area contributed by atoms with Crippen LogP contribution in [-0.4, -0.2) is 103 Å². The van der Waals surface area contributed by atoms with E-state index in [0.29, 0.717) is 34.7 Å². The molecule has 0 amide bonds. The van der Waals surface area contributed by atoms with Gasteiger partial charge in [-0.25, -0.2) is 0 Å². The Morgan fingerprint density at radius 3 is 1.34 bits per heavy atom. The van der Waals surface area contributed by atoms with Crippen LogP contribution in [0.5, 0.6) is 0 Å². The number of hydrogen-bond acceptors (Lipinski definition) is 8. The lowest BCUT2D eigenvalue weighted by Gasteiger charge is -2.56. The van der Waals surface area contributed by atoms with Crippen LogP contribution in [0.2, 0.25) is 0 Å². The van der Waals surface area contributed by atoms with E-state index in [0.717, 1.165) is 180 Å². The third-order valence-electron chi connectivity index (χ3n) is 27.9. The zero-order chi connectivity index (χ0) is 66.6. The van der Waals surface area contributed by atoms with Gasteiger partial charge in [0.25, 0.3) is 0 Å². The smallest absolute Gasteiger partial charge is 0.0690 e. The fraction of sp³-hybridized carbons (Fsp3) is 1.00. The van der Waals surface area contributed by atoms with Crippen LogP contribution >= 0.6 is 0 Å². The van der Waals surface area contributed by atoms with Crippen molar-refractivity contribution in [1.29, 1.82) is 0 Å². The largest absolute Gasteiger partial charge is 0.382 e. The van der Waals surface area contributed by atoms with Crippen molar-refractivity contribution in [2.45, 2.75) is 352 Å². The minimum Gasteiger partial charge on any atom is -0.382 e. The molecule has 15 unspecified atom stereocenters. The van der Waals surface area contributed by atoms with Gasteiger partial charge < -0.3 is 37.9 Å². The van der Waals surface area contributed by atoms with Crippen LogP contribution in [-0.2, 0) is 37.9 Å². The highest BCUT2D eigenvalue weighted by Gasteiger charge is 2.62. The first kappa shape index (κ1) is 80.0. The summed E-state index contributed by atoms with van der Waals surface area (Å²) in [6, 6.07) is 0. The van der Waals surface area contributed by atoms with Crippen LogP contribution in [0.3, 0.4) is 0 Å². The molecule has 93 heavy (non-hydrogen) atoms. The van der Waals surface area contributed by atoms with Gasteiger partial charge in [-0.1, -0.05) is 112 Å². The molecule has 546 valence electrons. The van der Waals surface area contributed by atoms with Crippen molar-refractivity contribution >= 4 is 0 Å². The van der Waals surface area contributed by atoms with Gasteiger partial charge in [-0.05, 0) is 327 Å². The summed E-state index contributed by atoms with van der Waals surface area (Å²) in [5.74, 6) is 16.5. The van der Waals surface area contributed by atoms with Gasteiger partial charge in [0.2, 0.25) is 0 Å². The van der Waals surface area contributed by atoms with Crippen molar-refractivity contribution in [2.24, 2.45) is 111 Å². The van der Waals surface area contributed by atoms with Crippen molar-refractivity contribution < 1.29 is 37.9 Å². The number of ether oxygens (including phenoxy) is 8. The minimum absolute atomic E-state index is 0.351. The van der Waals surface area contributed by atoms with Crippen LogP contribution in [0.15, 0.2) is 0 Å². The Hall–Kier alpha value is -0.320. The molecule has 12 bridgehead atoms. The lowest BCUT2D eigenvalue weighted by Crippen LogP contribution is -2.51. The molecule has 0 radical (unpaired) electrons. The monoisotopic (exact) mass is 1310 g/mol. The quantitative estimate of drug-likeness (QED) is 0.0937. The summed E-state index contributed by atoms with van der Waals surface area (Å²) in [5.41, 5.74) is 1.31. The van der Waals surface area contributed by atoms with Gasteiger partial charge in [-0.2, -0.15) is 0 Å². The molecule has 0 heterocycles. The maximum atomic E-state index is 6.04. The van der Waals surface area contributed by atoms with E-state index in [4.69, 9.17) is 37.9 Å². The van der Waals surface area contributed by atoms with E-state index in [1.165, 1.54) is 231 Å². The van der Waals surface area contributed by atoms with Crippen LogP contribution in [0.4, 0.5) is 0 Å². The Labute approximate surface area is 577 Å². The van der Waals surface area contributed by atoms with Gasteiger partial charge in [-0.15, -0.1) is 0 Å². The molecule has 15 aliphatic carbocycles. The van der Waals surface area contributed by atoms with Gasteiger partial charge in [0.15, 0.2) is 0 Å². The normalized spacial score (nSPS) is 38.4. The summed E-state index contributed by atoms with van der Waals surface area (Å²) in [6.45, 7) is 42.3. The molecule has 15 saturated carbocycles. The highest BCUT2D eigenvalue weighted by molar-refractivity contribution is 5.11. The summed E-state index contributed by atoms with van der Waals surface area (Å²) in [6.07, 6.45) is 53.4. The van der Waals surface area contributed by atoms with Gasteiger partial charge >= 0.3 is 0 Å². The topological polar surface area (TPSA) is 73.8 Å². The van der Waals surface area contributed by atoms with Crippen LogP contribution < -0.4 is 0 Å².